The van der Waals surface area contributed by atoms with Gasteiger partial charge in [-0.2, -0.15) is 0 Å². The Labute approximate surface area is 145 Å². The number of aldehydes is 1. The molecule has 0 saturated carbocycles. The third-order valence-corrected chi connectivity index (χ3v) is 4.23. The van der Waals surface area contributed by atoms with Crippen LogP contribution in [0.15, 0.2) is 23.7 Å². The smallest absolute Gasteiger partial charge is 0.145 e. The molecule has 0 aromatic heterocycles. The van der Waals surface area contributed by atoms with Gasteiger partial charge in [0.15, 0.2) is 0 Å². The molecule has 1 aliphatic heterocycles. The van der Waals surface area contributed by atoms with E-state index in [9.17, 15) is 4.79 Å². The van der Waals surface area contributed by atoms with Crippen molar-refractivity contribution in [3.05, 3.63) is 23.7 Å². The van der Waals surface area contributed by atoms with Crippen molar-refractivity contribution in [1.29, 1.82) is 0 Å². The summed E-state index contributed by atoms with van der Waals surface area (Å²) in [7, 11) is 0. The quantitative estimate of drug-likeness (QED) is 0.380. The third kappa shape index (κ3) is 7.49. The van der Waals surface area contributed by atoms with Gasteiger partial charge in [0, 0.05) is 32.2 Å². The molecule has 0 aromatic carbocycles. The molecule has 2 aliphatic rings. The maximum Gasteiger partial charge on any atom is 0.145 e. The number of ether oxygens (including phenoxy) is 4. The molecule has 1 fully saturated rings. The monoisotopic (exact) mass is 338 g/mol. The molecule has 5 nitrogen and oxygen atoms in total. The molecule has 1 aliphatic carbocycles. The van der Waals surface area contributed by atoms with Crippen molar-refractivity contribution in [2.75, 3.05) is 39.6 Å². The summed E-state index contributed by atoms with van der Waals surface area (Å²) in [4.78, 5) is 10.1. The largest absolute Gasteiger partial charge is 0.498 e. The van der Waals surface area contributed by atoms with Crippen molar-refractivity contribution >= 4 is 6.29 Å². The van der Waals surface area contributed by atoms with Gasteiger partial charge in [0.05, 0.1) is 24.7 Å². The van der Waals surface area contributed by atoms with Gasteiger partial charge in [0.1, 0.15) is 12.9 Å². The molecule has 0 radical (unpaired) electrons. The number of allylic oxidation sites excluding steroid dienone is 4. The molecule has 24 heavy (non-hydrogen) atoms. The standard InChI is InChI=1S/C19H30O5/c20-9-15-22-12-5-11-21-10-2-1-3-13-23-18-7-8-19-17(16-18)6-4-14-24-19/h7-9,17H,1-6,10-16H2. The van der Waals surface area contributed by atoms with Crippen molar-refractivity contribution in [1.82, 2.24) is 0 Å². The van der Waals surface area contributed by atoms with Crippen molar-refractivity contribution in [2.24, 2.45) is 5.92 Å². The highest BCUT2D eigenvalue weighted by molar-refractivity contribution is 5.50. The molecular weight excluding hydrogens is 308 g/mol. The lowest BCUT2D eigenvalue weighted by molar-refractivity contribution is -0.112. The Balaban J connectivity index is 1.40. The predicted molar refractivity (Wildman–Crippen MR) is 91.6 cm³/mol. The highest BCUT2D eigenvalue weighted by Crippen LogP contribution is 2.33. The van der Waals surface area contributed by atoms with Crippen LogP contribution >= 0.6 is 0 Å². The first-order valence-corrected chi connectivity index (χ1v) is 9.15. The number of carbonyl (C=O) groups excluding carboxylic acids is 1. The van der Waals surface area contributed by atoms with Crippen molar-refractivity contribution in [3.8, 4) is 0 Å². The first kappa shape index (κ1) is 19.0. The minimum absolute atomic E-state index is 0.182. The van der Waals surface area contributed by atoms with Crippen LogP contribution in [-0.4, -0.2) is 45.9 Å². The summed E-state index contributed by atoms with van der Waals surface area (Å²) in [5.41, 5.74) is 0. The summed E-state index contributed by atoms with van der Waals surface area (Å²) in [5, 5.41) is 0. The molecule has 1 saturated heterocycles. The van der Waals surface area contributed by atoms with Gasteiger partial charge in [0.2, 0.25) is 0 Å². The van der Waals surface area contributed by atoms with Gasteiger partial charge in [-0.3, -0.25) is 0 Å². The topological polar surface area (TPSA) is 54.0 Å². The van der Waals surface area contributed by atoms with E-state index < -0.39 is 0 Å². The van der Waals surface area contributed by atoms with E-state index in [1.165, 1.54) is 6.42 Å². The number of carbonyl (C=O) groups is 1. The average molecular weight is 338 g/mol. The zero-order valence-corrected chi connectivity index (χ0v) is 14.5. The lowest BCUT2D eigenvalue weighted by Gasteiger charge is -2.29. The lowest BCUT2D eigenvalue weighted by Crippen LogP contribution is -2.18. The van der Waals surface area contributed by atoms with Crippen LogP contribution in [0.2, 0.25) is 0 Å². The first-order valence-electron chi connectivity index (χ1n) is 9.15. The molecule has 0 N–H and O–H groups in total. The van der Waals surface area contributed by atoms with Gasteiger partial charge in [-0.05, 0) is 50.7 Å². The van der Waals surface area contributed by atoms with Gasteiger partial charge in [-0.15, -0.1) is 0 Å². The van der Waals surface area contributed by atoms with Crippen LogP contribution in [-0.2, 0) is 23.7 Å². The molecule has 0 aromatic rings. The van der Waals surface area contributed by atoms with Gasteiger partial charge in [0.25, 0.3) is 0 Å². The molecule has 1 heterocycles. The van der Waals surface area contributed by atoms with E-state index in [1.807, 2.05) is 0 Å². The van der Waals surface area contributed by atoms with E-state index in [0.29, 0.717) is 19.1 Å². The summed E-state index contributed by atoms with van der Waals surface area (Å²) in [5.74, 6) is 2.77. The van der Waals surface area contributed by atoms with Gasteiger partial charge in [-0.25, -0.2) is 0 Å². The van der Waals surface area contributed by atoms with Crippen molar-refractivity contribution < 1.29 is 23.7 Å². The van der Waals surface area contributed by atoms with Crippen LogP contribution in [0.4, 0.5) is 0 Å². The summed E-state index contributed by atoms with van der Waals surface area (Å²) >= 11 is 0. The van der Waals surface area contributed by atoms with Crippen LogP contribution in [0.5, 0.6) is 0 Å². The SMILES string of the molecule is O=CCOCCCOCCCCCOC1=CC=C2OCCCC2C1. The van der Waals surface area contributed by atoms with Crippen LogP contribution in [0.25, 0.3) is 0 Å². The van der Waals surface area contributed by atoms with E-state index in [2.05, 4.69) is 12.2 Å². The van der Waals surface area contributed by atoms with E-state index in [4.69, 9.17) is 18.9 Å². The molecule has 0 amide bonds. The summed E-state index contributed by atoms with van der Waals surface area (Å²) < 4.78 is 22.1. The Morgan fingerprint density at radius 1 is 1.04 bits per heavy atom. The molecule has 5 heteroatoms. The minimum atomic E-state index is 0.182. The number of hydrogen-bond donors (Lipinski definition) is 0. The van der Waals surface area contributed by atoms with Gasteiger partial charge < -0.3 is 23.7 Å². The Morgan fingerprint density at radius 3 is 2.79 bits per heavy atom. The first-order chi connectivity index (χ1) is 11.9. The van der Waals surface area contributed by atoms with Crippen LogP contribution in [0, 0.1) is 5.92 Å². The Kier molecular flexibility index (Phi) is 9.57. The minimum Gasteiger partial charge on any atom is -0.498 e. The van der Waals surface area contributed by atoms with E-state index in [0.717, 1.165) is 76.2 Å². The Hall–Kier alpha value is -1.33. The molecular formula is C19H30O5. The predicted octanol–water partition coefficient (Wildman–Crippen LogP) is 3.39. The number of hydrogen-bond acceptors (Lipinski definition) is 5. The second-order valence-electron chi connectivity index (χ2n) is 6.21. The molecule has 136 valence electrons. The zero-order chi connectivity index (χ0) is 16.9. The van der Waals surface area contributed by atoms with Crippen LogP contribution in [0.3, 0.4) is 0 Å². The maximum absolute atomic E-state index is 10.1. The normalized spacial score (nSPS) is 19.8. The molecule has 1 atom stereocenters. The molecule has 0 spiro atoms. The van der Waals surface area contributed by atoms with Crippen LogP contribution in [0.1, 0.15) is 44.9 Å². The van der Waals surface area contributed by atoms with Gasteiger partial charge >= 0.3 is 0 Å². The molecule has 0 bridgehead atoms. The van der Waals surface area contributed by atoms with Gasteiger partial charge in [-0.1, -0.05) is 0 Å². The van der Waals surface area contributed by atoms with Crippen molar-refractivity contribution in [3.63, 3.8) is 0 Å². The Bertz CT molecular complexity index is 416. The average Bonchev–Trinajstić information content (AvgIpc) is 2.62. The zero-order valence-electron chi connectivity index (χ0n) is 14.5. The van der Waals surface area contributed by atoms with Crippen LogP contribution < -0.4 is 0 Å². The second kappa shape index (κ2) is 12.1. The summed E-state index contributed by atoms with van der Waals surface area (Å²) in [6, 6.07) is 0. The fourth-order valence-corrected chi connectivity index (χ4v) is 2.94. The van der Waals surface area contributed by atoms with Crippen molar-refractivity contribution in [2.45, 2.75) is 44.9 Å². The molecule has 2 rings (SSSR count). The fraction of sp³-hybridized carbons (Fsp3) is 0.737. The number of rotatable bonds is 13. The summed E-state index contributed by atoms with van der Waals surface area (Å²) in [6.45, 7) is 3.88. The number of fused-ring (bicyclic) bond motifs is 1. The van der Waals surface area contributed by atoms with E-state index >= 15 is 0 Å². The van der Waals surface area contributed by atoms with E-state index in [-0.39, 0.29) is 6.61 Å². The highest BCUT2D eigenvalue weighted by atomic mass is 16.5. The lowest BCUT2D eigenvalue weighted by atomic mass is 9.91. The molecule has 1 unspecified atom stereocenters. The second-order valence-corrected chi connectivity index (χ2v) is 6.21. The number of unbranched alkanes of at least 4 members (excludes halogenated alkanes) is 2. The fourth-order valence-electron chi connectivity index (χ4n) is 2.94. The Morgan fingerprint density at radius 2 is 1.88 bits per heavy atom. The van der Waals surface area contributed by atoms with E-state index in [1.54, 1.807) is 0 Å². The maximum atomic E-state index is 10.1. The third-order valence-electron chi connectivity index (χ3n) is 4.23. The highest BCUT2D eigenvalue weighted by Gasteiger charge is 2.24. The summed E-state index contributed by atoms with van der Waals surface area (Å²) in [6.07, 6.45) is 12.3.